The second kappa shape index (κ2) is 8.92. The zero-order valence-electron chi connectivity index (χ0n) is 16.5. The molecular formula is C21H29N3O3S. The van der Waals surface area contributed by atoms with E-state index in [1.54, 1.807) is 30.1 Å². The second-order valence-corrected chi connectivity index (χ2v) is 9.39. The summed E-state index contributed by atoms with van der Waals surface area (Å²) in [4.78, 5) is 13.1. The number of sulfonamides is 1. The summed E-state index contributed by atoms with van der Waals surface area (Å²) in [5.74, 6) is -0.121. The Labute approximate surface area is 167 Å². The SMILES string of the molecule is CCCC(NC(=O)C1CCN(S(=O)(=O)c2ccn(C)c2)CC1)c1ccccc1. The highest BCUT2D eigenvalue weighted by Crippen LogP contribution is 2.26. The van der Waals surface area contributed by atoms with Crippen LogP contribution in [0.3, 0.4) is 0 Å². The minimum atomic E-state index is -3.48. The van der Waals surface area contributed by atoms with E-state index in [4.69, 9.17) is 0 Å². The van der Waals surface area contributed by atoms with Crippen molar-refractivity contribution < 1.29 is 13.2 Å². The van der Waals surface area contributed by atoms with Crippen molar-refractivity contribution in [2.75, 3.05) is 13.1 Å². The molecule has 3 rings (SSSR count). The van der Waals surface area contributed by atoms with Gasteiger partial charge in [-0.2, -0.15) is 4.31 Å². The van der Waals surface area contributed by atoms with Gasteiger partial charge in [-0.1, -0.05) is 43.7 Å². The van der Waals surface area contributed by atoms with Crippen molar-refractivity contribution in [3.05, 3.63) is 54.4 Å². The van der Waals surface area contributed by atoms with E-state index in [-0.39, 0.29) is 17.9 Å². The number of hydrogen-bond acceptors (Lipinski definition) is 3. The highest BCUT2D eigenvalue weighted by molar-refractivity contribution is 7.89. The van der Waals surface area contributed by atoms with Gasteiger partial charge in [0, 0.05) is 38.4 Å². The van der Waals surface area contributed by atoms with Crippen LogP contribution in [0.4, 0.5) is 0 Å². The summed E-state index contributed by atoms with van der Waals surface area (Å²) in [6.45, 7) is 2.85. The number of rotatable bonds is 7. The molecule has 0 saturated carbocycles. The van der Waals surface area contributed by atoms with E-state index in [0.29, 0.717) is 30.8 Å². The zero-order chi connectivity index (χ0) is 20.1. The van der Waals surface area contributed by atoms with Gasteiger partial charge in [0.1, 0.15) is 0 Å². The molecule has 7 heteroatoms. The summed E-state index contributed by atoms with van der Waals surface area (Å²) in [6, 6.07) is 11.6. The molecule has 0 aliphatic carbocycles. The molecule has 0 spiro atoms. The van der Waals surface area contributed by atoms with Crippen LogP contribution in [0.1, 0.15) is 44.2 Å². The van der Waals surface area contributed by atoms with Crippen LogP contribution in [0.15, 0.2) is 53.7 Å². The van der Waals surface area contributed by atoms with Gasteiger partial charge >= 0.3 is 0 Å². The van der Waals surface area contributed by atoms with Crippen molar-refractivity contribution in [3.8, 4) is 0 Å². The number of nitrogens with zero attached hydrogens (tertiary/aromatic N) is 2. The number of hydrogen-bond donors (Lipinski definition) is 1. The molecule has 1 amide bonds. The summed E-state index contributed by atoms with van der Waals surface area (Å²) in [5.41, 5.74) is 1.11. The van der Waals surface area contributed by atoms with Crippen LogP contribution < -0.4 is 5.32 Å². The molecule has 0 radical (unpaired) electrons. The maximum atomic E-state index is 12.8. The van der Waals surface area contributed by atoms with Crippen molar-refractivity contribution in [1.82, 2.24) is 14.2 Å². The Bertz CT molecular complexity index is 885. The molecule has 1 aliphatic heterocycles. The Morgan fingerprint density at radius 1 is 1.18 bits per heavy atom. The van der Waals surface area contributed by atoms with E-state index in [1.165, 1.54) is 4.31 Å². The largest absolute Gasteiger partial charge is 0.356 e. The maximum Gasteiger partial charge on any atom is 0.244 e. The van der Waals surface area contributed by atoms with E-state index in [2.05, 4.69) is 12.2 Å². The summed E-state index contributed by atoms with van der Waals surface area (Å²) in [5, 5.41) is 3.18. The first kappa shape index (κ1) is 20.6. The summed E-state index contributed by atoms with van der Waals surface area (Å²) in [7, 11) is -1.68. The molecule has 1 aromatic carbocycles. The Hall–Kier alpha value is -2.12. The lowest BCUT2D eigenvalue weighted by molar-refractivity contribution is -0.127. The van der Waals surface area contributed by atoms with E-state index < -0.39 is 10.0 Å². The molecule has 1 atom stereocenters. The molecule has 1 fully saturated rings. The molecular weight excluding hydrogens is 374 g/mol. The number of aromatic nitrogens is 1. The highest BCUT2D eigenvalue weighted by Gasteiger charge is 2.33. The minimum absolute atomic E-state index is 0.00443. The second-order valence-electron chi connectivity index (χ2n) is 7.45. The molecule has 1 aromatic heterocycles. The van der Waals surface area contributed by atoms with Gasteiger partial charge in [-0.3, -0.25) is 4.79 Å². The van der Waals surface area contributed by atoms with Gasteiger partial charge in [0.25, 0.3) is 0 Å². The van der Waals surface area contributed by atoms with Crippen LogP contribution in [-0.4, -0.2) is 36.3 Å². The molecule has 1 unspecified atom stereocenters. The lowest BCUT2D eigenvalue weighted by atomic mass is 9.95. The van der Waals surface area contributed by atoms with Gasteiger partial charge in [-0.15, -0.1) is 0 Å². The first-order chi connectivity index (χ1) is 13.4. The van der Waals surface area contributed by atoms with Crippen LogP contribution in [0, 0.1) is 5.92 Å². The van der Waals surface area contributed by atoms with Crippen LogP contribution in [0.5, 0.6) is 0 Å². The zero-order valence-corrected chi connectivity index (χ0v) is 17.4. The van der Waals surface area contributed by atoms with E-state index in [1.807, 2.05) is 30.3 Å². The number of amides is 1. The fourth-order valence-electron chi connectivity index (χ4n) is 3.72. The highest BCUT2D eigenvalue weighted by atomic mass is 32.2. The van der Waals surface area contributed by atoms with Gasteiger partial charge in [0.05, 0.1) is 10.9 Å². The quantitative estimate of drug-likeness (QED) is 0.772. The van der Waals surface area contributed by atoms with E-state index >= 15 is 0 Å². The smallest absolute Gasteiger partial charge is 0.244 e. The third-order valence-electron chi connectivity index (χ3n) is 5.36. The Morgan fingerprint density at radius 3 is 2.43 bits per heavy atom. The van der Waals surface area contributed by atoms with Gasteiger partial charge in [0.15, 0.2) is 0 Å². The van der Waals surface area contributed by atoms with Gasteiger partial charge in [0.2, 0.25) is 15.9 Å². The summed E-state index contributed by atoms with van der Waals surface area (Å²) in [6.07, 6.45) is 6.30. The number of nitrogens with one attached hydrogen (secondary N) is 1. The summed E-state index contributed by atoms with van der Waals surface area (Å²) >= 11 is 0. The van der Waals surface area contributed by atoms with E-state index in [0.717, 1.165) is 18.4 Å². The first-order valence-electron chi connectivity index (χ1n) is 9.89. The molecule has 0 bridgehead atoms. The van der Waals surface area contributed by atoms with Crippen molar-refractivity contribution in [2.45, 2.75) is 43.5 Å². The van der Waals surface area contributed by atoms with Crippen LogP contribution in [0.2, 0.25) is 0 Å². The lowest BCUT2D eigenvalue weighted by Gasteiger charge is -2.31. The predicted octanol–water partition coefficient (Wildman–Crippen LogP) is 3.08. The molecule has 6 nitrogen and oxygen atoms in total. The van der Waals surface area contributed by atoms with Gasteiger partial charge in [-0.25, -0.2) is 8.42 Å². The molecule has 2 aromatic rings. The number of carbonyl (C=O) groups excluding carboxylic acids is 1. The predicted molar refractivity (Wildman–Crippen MR) is 109 cm³/mol. The topological polar surface area (TPSA) is 71.4 Å². The normalized spacial score (nSPS) is 17.4. The third-order valence-corrected chi connectivity index (χ3v) is 7.25. The maximum absolute atomic E-state index is 12.8. The van der Waals surface area contributed by atoms with Crippen molar-refractivity contribution in [1.29, 1.82) is 0 Å². The van der Waals surface area contributed by atoms with Crippen LogP contribution in [0.25, 0.3) is 0 Å². The number of benzene rings is 1. The van der Waals surface area contributed by atoms with Crippen molar-refractivity contribution >= 4 is 15.9 Å². The summed E-state index contributed by atoms with van der Waals surface area (Å²) < 4.78 is 28.7. The fraction of sp³-hybridized carbons (Fsp3) is 0.476. The standard InChI is InChI=1S/C21H29N3O3S/c1-3-7-20(17-8-5-4-6-9-17)22-21(25)18-10-14-24(15-11-18)28(26,27)19-12-13-23(2)16-19/h4-6,8-9,12-13,16,18,20H,3,7,10-11,14-15H2,1-2H3,(H,22,25). The van der Waals surface area contributed by atoms with Gasteiger partial charge in [-0.05, 0) is 30.9 Å². The first-order valence-corrected chi connectivity index (χ1v) is 11.3. The van der Waals surface area contributed by atoms with Crippen LogP contribution >= 0.6 is 0 Å². The van der Waals surface area contributed by atoms with Crippen molar-refractivity contribution in [2.24, 2.45) is 13.0 Å². The number of carbonyl (C=O) groups is 1. The Balaban J connectivity index is 1.60. The molecule has 2 heterocycles. The number of aryl methyl sites for hydroxylation is 1. The Kier molecular flexibility index (Phi) is 6.57. The fourth-order valence-corrected chi connectivity index (χ4v) is 5.25. The molecule has 1 aliphatic rings. The lowest BCUT2D eigenvalue weighted by Crippen LogP contribution is -2.43. The molecule has 1 N–H and O–H groups in total. The van der Waals surface area contributed by atoms with E-state index in [9.17, 15) is 13.2 Å². The van der Waals surface area contributed by atoms with Crippen molar-refractivity contribution in [3.63, 3.8) is 0 Å². The molecule has 152 valence electrons. The Morgan fingerprint density at radius 2 is 1.86 bits per heavy atom. The third kappa shape index (κ3) is 4.64. The average Bonchev–Trinajstić information content (AvgIpc) is 3.15. The van der Waals surface area contributed by atoms with Gasteiger partial charge < -0.3 is 9.88 Å². The molecule has 1 saturated heterocycles. The average molecular weight is 404 g/mol. The minimum Gasteiger partial charge on any atom is -0.356 e. The van der Waals surface area contributed by atoms with Crippen LogP contribution in [-0.2, 0) is 21.9 Å². The monoisotopic (exact) mass is 403 g/mol. The molecule has 28 heavy (non-hydrogen) atoms. The number of piperidine rings is 1.